The number of likely N-dealkylation sites (N-methyl/N-ethyl adjacent to an activating group) is 1. The van der Waals surface area contributed by atoms with Crippen molar-refractivity contribution in [1.29, 1.82) is 5.26 Å². The van der Waals surface area contributed by atoms with Crippen LogP contribution in [0.1, 0.15) is 5.56 Å². The molecule has 0 bridgehead atoms. The average Bonchev–Trinajstić information content (AvgIpc) is 2.37. The van der Waals surface area contributed by atoms with Crippen LogP contribution < -0.4 is 4.90 Å². The lowest BCUT2D eigenvalue weighted by molar-refractivity contribution is -0.384. The van der Waals surface area contributed by atoms with Crippen LogP contribution in [-0.4, -0.2) is 31.6 Å². The van der Waals surface area contributed by atoms with Crippen molar-refractivity contribution in [3.05, 3.63) is 33.9 Å². The summed E-state index contributed by atoms with van der Waals surface area (Å²) >= 11 is 0. The van der Waals surface area contributed by atoms with Gasteiger partial charge in [0, 0.05) is 19.2 Å². The number of hydrogen-bond donors (Lipinski definition) is 0. The highest BCUT2D eigenvalue weighted by atomic mass is 16.6. The van der Waals surface area contributed by atoms with Crippen LogP contribution >= 0.6 is 0 Å². The maximum Gasteiger partial charge on any atom is 0.325 e. The van der Waals surface area contributed by atoms with E-state index in [1.165, 1.54) is 30.2 Å². The molecular weight excluding hydrogens is 238 g/mol. The van der Waals surface area contributed by atoms with Crippen molar-refractivity contribution >= 4 is 17.3 Å². The Morgan fingerprint density at radius 1 is 1.61 bits per heavy atom. The van der Waals surface area contributed by atoms with E-state index in [-0.39, 0.29) is 17.8 Å². The van der Waals surface area contributed by atoms with Gasteiger partial charge in [0.1, 0.15) is 12.6 Å². The number of rotatable bonds is 4. The molecule has 1 aromatic rings. The Morgan fingerprint density at radius 3 is 2.78 bits per heavy atom. The summed E-state index contributed by atoms with van der Waals surface area (Å²) in [5.41, 5.74) is 0.408. The van der Waals surface area contributed by atoms with Crippen molar-refractivity contribution in [1.82, 2.24) is 0 Å². The van der Waals surface area contributed by atoms with Crippen LogP contribution in [-0.2, 0) is 9.53 Å². The molecule has 0 aliphatic heterocycles. The van der Waals surface area contributed by atoms with Gasteiger partial charge >= 0.3 is 5.97 Å². The molecule has 18 heavy (non-hydrogen) atoms. The first-order valence-corrected chi connectivity index (χ1v) is 4.96. The zero-order valence-corrected chi connectivity index (χ0v) is 9.91. The van der Waals surface area contributed by atoms with E-state index in [9.17, 15) is 14.9 Å². The van der Waals surface area contributed by atoms with Crippen LogP contribution in [0.3, 0.4) is 0 Å². The number of nitrogens with zero attached hydrogens (tertiary/aromatic N) is 3. The molecule has 0 aliphatic carbocycles. The first kappa shape index (κ1) is 13.4. The molecule has 1 rings (SSSR count). The lowest BCUT2D eigenvalue weighted by Crippen LogP contribution is -2.27. The lowest BCUT2D eigenvalue weighted by Gasteiger charge is -2.18. The van der Waals surface area contributed by atoms with E-state index in [0.29, 0.717) is 5.69 Å². The number of nitro benzene ring substituents is 1. The molecule has 0 saturated heterocycles. The van der Waals surface area contributed by atoms with Gasteiger partial charge in [0.05, 0.1) is 23.3 Å². The molecule has 0 radical (unpaired) electrons. The monoisotopic (exact) mass is 249 g/mol. The van der Waals surface area contributed by atoms with E-state index in [4.69, 9.17) is 5.26 Å². The molecule has 0 N–H and O–H groups in total. The fraction of sp³-hybridized carbons (Fsp3) is 0.273. The third-order valence-electron chi connectivity index (χ3n) is 2.32. The predicted octanol–water partition coefficient (Wildman–Crippen LogP) is 1.08. The molecule has 0 saturated carbocycles. The highest BCUT2D eigenvalue weighted by Gasteiger charge is 2.15. The van der Waals surface area contributed by atoms with Crippen molar-refractivity contribution in [2.24, 2.45) is 0 Å². The summed E-state index contributed by atoms with van der Waals surface area (Å²) in [6.07, 6.45) is 0. The van der Waals surface area contributed by atoms with Crippen LogP contribution in [0.25, 0.3) is 0 Å². The molecule has 0 heterocycles. The van der Waals surface area contributed by atoms with Crippen LogP contribution in [0.4, 0.5) is 11.4 Å². The van der Waals surface area contributed by atoms with Crippen molar-refractivity contribution in [2.75, 3.05) is 25.6 Å². The van der Waals surface area contributed by atoms with Gasteiger partial charge in [-0.25, -0.2) is 0 Å². The number of methoxy groups -OCH3 is 1. The number of nitro groups is 1. The van der Waals surface area contributed by atoms with Gasteiger partial charge in [0.2, 0.25) is 0 Å². The number of hydrogen-bond acceptors (Lipinski definition) is 6. The Labute approximate surface area is 103 Å². The second-order valence-corrected chi connectivity index (χ2v) is 3.50. The number of esters is 1. The summed E-state index contributed by atoms with van der Waals surface area (Å²) in [4.78, 5) is 22.6. The Hall–Kier alpha value is -2.62. The summed E-state index contributed by atoms with van der Waals surface area (Å²) in [7, 11) is 2.86. The molecule has 0 fully saturated rings. The third kappa shape index (κ3) is 2.95. The normalized spacial score (nSPS) is 9.39. The number of carbonyl (C=O) groups excluding carboxylic acids is 1. The molecule has 0 unspecified atom stereocenters. The molecule has 0 amide bonds. The average molecular weight is 249 g/mol. The summed E-state index contributed by atoms with van der Waals surface area (Å²) in [5, 5.41) is 19.5. The second-order valence-electron chi connectivity index (χ2n) is 3.50. The first-order valence-electron chi connectivity index (χ1n) is 4.96. The fourth-order valence-electron chi connectivity index (χ4n) is 1.40. The van der Waals surface area contributed by atoms with Gasteiger partial charge in [0.25, 0.3) is 5.69 Å². The van der Waals surface area contributed by atoms with Crippen LogP contribution in [0.5, 0.6) is 0 Å². The number of nitriles is 1. The third-order valence-corrected chi connectivity index (χ3v) is 2.32. The minimum Gasteiger partial charge on any atom is -0.468 e. The molecule has 94 valence electrons. The maximum atomic E-state index is 11.1. The Kier molecular flexibility index (Phi) is 4.21. The van der Waals surface area contributed by atoms with E-state index in [1.54, 1.807) is 7.05 Å². The maximum absolute atomic E-state index is 11.1. The van der Waals surface area contributed by atoms with Crippen molar-refractivity contribution in [3.63, 3.8) is 0 Å². The van der Waals surface area contributed by atoms with Crippen LogP contribution in [0, 0.1) is 21.4 Å². The number of carbonyl (C=O) groups is 1. The van der Waals surface area contributed by atoms with Gasteiger partial charge in [-0.3, -0.25) is 14.9 Å². The number of anilines is 1. The smallest absolute Gasteiger partial charge is 0.325 e. The van der Waals surface area contributed by atoms with Gasteiger partial charge in [-0.05, 0) is 6.07 Å². The molecular formula is C11H11N3O4. The van der Waals surface area contributed by atoms with Gasteiger partial charge in [-0.1, -0.05) is 0 Å². The highest BCUT2D eigenvalue weighted by Crippen LogP contribution is 2.23. The van der Waals surface area contributed by atoms with Gasteiger partial charge < -0.3 is 9.64 Å². The number of ether oxygens (including phenoxy) is 1. The van der Waals surface area contributed by atoms with E-state index in [0.717, 1.165) is 0 Å². The molecule has 0 spiro atoms. The van der Waals surface area contributed by atoms with E-state index < -0.39 is 10.9 Å². The Balaban J connectivity index is 3.06. The summed E-state index contributed by atoms with van der Waals surface area (Å²) in [6, 6.07) is 5.75. The molecule has 7 nitrogen and oxygen atoms in total. The fourth-order valence-corrected chi connectivity index (χ4v) is 1.40. The topological polar surface area (TPSA) is 96.5 Å². The second kappa shape index (κ2) is 5.63. The molecule has 7 heteroatoms. The van der Waals surface area contributed by atoms with Crippen LogP contribution in [0.15, 0.2) is 18.2 Å². The van der Waals surface area contributed by atoms with Crippen molar-refractivity contribution in [2.45, 2.75) is 0 Å². The summed E-state index contributed by atoms with van der Waals surface area (Å²) in [5.74, 6) is -0.459. The largest absolute Gasteiger partial charge is 0.468 e. The molecule has 0 atom stereocenters. The minimum atomic E-state index is -0.578. The zero-order chi connectivity index (χ0) is 13.7. The van der Waals surface area contributed by atoms with E-state index >= 15 is 0 Å². The van der Waals surface area contributed by atoms with Crippen molar-refractivity contribution < 1.29 is 14.5 Å². The number of benzene rings is 1. The van der Waals surface area contributed by atoms with Crippen LogP contribution in [0.2, 0.25) is 0 Å². The SMILES string of the molecule is COC(=O)CN(C)c1ccc([N+](=O)[O-])cc1C#N. The minimum absolute atomic E-state index is 0.0387. The lowest BCUT2D eigenvalue weighted by atomic mass is 10.1. The van der Waals surface area contributed by atoms with E-state index in [1.807, 2.05) is 6.07 Å². The molecule has 0 aliphatic rings. The Morgan fingerprint density at radius 2 is 2.28 bits per heavy atom. The molecule has 1 aromatic carbocycles. The highest BCUT2D eigenvalue weighted by molar-refractivity contribution is 5.77. The first-order chi connectivity index (χ1) is 8.49. The van der Waals surface area contributed by atoms with Gasteiger partial charge in [-0.2, -0.15) is 5.26 Å². The van der Waals surface area contributed by atoms with Crippen molar-refractivity contribution in [3.8, 4) is 6.07 Å². The van der Waals surface area contributed by atoms with Gasteiger partial charge in [0.15, 0.2) is 0 Å². The predicted molar refractivity (Wildman–Crippen MR) is 63.1 cm³/mol. The Bertz CT molecular complexity index is 522. The standard InChI is InChI=1S/C11H11N3O4/c1-13(7-11(15)18-2)10-4-3-9(14(16)17)5-8(10)6-12/h3-5H,7H2,1-2H3. The zero-order valence-electron chi connectivity index (χ0n) is 9.91. The summed E-state index contributed by atoms with van der Waals surface area (Å²) in [6.45, 7) is -0.0387. The van der Waals surface area contributed by atoms with E-state index in [2.05, 4.69) is 4.74 Å². The number of non-ortho nitro benzene ring substituents is 1. The van der Waals surface area contributed by atoms with Gasteiger partial charge in [-0.15, -0.1) is 0 Å². The molecule has 0 aromatic heterocycles. The quantitative estimate of drug-likeness (QED) is 0.450. The summed E-state index contributed by atoms with van der Waals surface area (Å²) < 4.78 is 4.51.